The van der Waals surface area contributed by atoms with Crippen LogP contribution in [0.3, 0.4) is 0 Å². The highest BCUT2D eigenvalue weighted by atomic mass is 35.5. The number of carbonyl (C=O) groups is 2. The van der Waals surface area contributed by atoms with Gasteiger partial charge in [-0.3, -0.25) is 9.59 Å². The molecule has 2 aromatic carbocycles. The van der Waals surface area contributed by atoms with E-state index in [2.05, 4.69) is 25.8 Å². The van der Waals surface area contributed by atoms with Crippen molar-refractivity contribution < 1.29 is 9.59 Å². The SMILES string of the molecule is CCn1c(SCC(=O)Nc2nc3ccccc3s2)nnc1[C@H](C)NC(=O)c1ccccc1Cl. The molecular weight excluding hydrogens is 480 g/mol. The quantitative estimate of drug-likeness (QED) is 0.337. The lowest BCUT2D eigenvalue weighted by molar-refractivity contribution is -0.113. The van der Waals surface area contributed by atoms with Crippen molar-refractivity contribution in [3.05, 3.63) is 64.9 Å². The number of rotatable bonds is 8. The highest BCUT2D eigenvalue weighted by Gasteiger charge is 2.21. The van der Waals surface area contributed by atoms with E-state index in [0.717, 1.165) is 10.2 Å². The molecule has 0 radical (unpaired) electrons. The molecule has 4 aromatic rings. The molecule has 0 spiro atoms. The second-order valence-corrected chi connectivity index (χ2v) is 9.46. The number of anilines is 1. The number of thioether (sulfide) groups is 1. The molecule has 2 heterocycles. The molecule has 0 aliphatic carbocycles. The molecule has 0 fully saturated rings. The number of carbonyl (C=O) groups excluding carboxylic acids is 2. The monoisotopic (exact) mass is 500 g/mol. The van der Waals surface area contributed by atoms with Gasteiger partial charge in [0.25, 0.3) is 5.91 Å². The molecule has 0 unspecified atom stereocenters. The molecule has 0 aliphatic heterocycles. The number of thiazole rings is 1. The van der Waals surface area contributed by atoms with Crippen molar-refractivity contribution in [1.29, 1.82) is 0 Å². The zero-order valence-electron chi connectivity index (χ0n) is 17.9. The van der Waals surface area contributed by atoms with Gasteiger partial charge in [0.15, 0.2) is 16.1 Å². The Morgan fingerprint density at radius 3 is 2.67 bits per heavy atom. The lowest BCUT2D eigenvalue weighted by Gasteiger charge is -2.15. The van der Waals surface area contributed by atoms with Crippen LogP contribution in [0.2, 0.25) is 5.02 Å². The zero-order chi connectivity index (χ0) is 23.4. The maximum atomic E-state index is 12.6. The summed E-state index contributed by atoms with van der Waals surface area (Å²) in [5.41, 5.74) is 1.25. The number of benzene rings is 2. The van der Waals surface area contributed by atoms with Gasteiger partial charge >= 0.3 is 0 Å². The summed E-state index contributed by atoms with van der Waals surface area (Å²) in [6, 6.07) is 14.2. The molecule has 2 N–H and O–H groups in total. The fraction of sp³-hybridized carbons (Fsp3) is 0.227. The van der Waals surface area contributed by atoms with Gasteiger partial charge in [-0.25, -0.2) is 4.98 Å². The Morgan fingerprint density at radius 1 is 1.15 bits per heavy atom. The Balaban J connectivity index is 1.39. The average molecular weight is 501 g/mol. The van der Waals surface area contributed by atoms with Crippen LogP contribution in [0.25, 0.3) is 10.2 Å². The van der Waals surface area contributed by atoms with Crippen molar-refractivity contribution in [2.75, 3.05) is 11.1 Å². The van der Waals surface area contributed by atoms with E-state index in [1.165, 1.54) is 23.1 Å². The second kappa shape index (κ2) is 10.3. The van der Waals surface area contributed by atoms with E-state index in [9.17, 15) is 9.59 Å². The minimum atomic E-state index is -0.396. The van der Waals surface area contributed by atoms with Crippen LogP contribution in [0.4, 0.5) is 5.13 Å². The summed E-state index contributed by atoms with van der Waals surface area (Å²) in [7, 11) is 0. The summed E-state index contributed by atoms with van der Waals surface area (Å²) in [6.07, 6.45) is 0. The van der Waals surface area contributed by atoms with Crippen LogP contribution in [0.1, 0.15) is 36.1 Å². The van der Waals surface area contributed by atoms with Crippen LogP contribution in [-0.2, 0) is 11.3 Å². The van der Waals surface area contributed by atoms with Crippen molar-refractivity contribution in [2.24, 2.45) is 0 Å². The summed E-state index contributed by atoms with van der Waals surface area (Å²) < 4.78 is 2.90. The number of hydrogen-bond acceptors (Lipinski definition) is 7. The van der Waals surface area contributed by atoms with E-state index >= 15 is 0 Å². The first-order valence-electron chi connectivity index (χ1n) is 10.2. The summed E-state index contributed by atoms with van der Waals surface area (Å²) in [6.45, 7) is 4.39. The van der Waals surface area contributed by atoms with Crippen LogP contribution >= 0.6 is 34.7 Å². The minimum absolute atomic E-state index is 0.161. The lowest BCUT2D eigenvalue weighted by atomic mass is 10.2. The van der Waals surface area contributed by atoms with Crippen LogP contribution in [0, 0.1) is 0 Å². The van der Waals surface area contributed by atoms with Gasteiger partial charge in [0, 0.05) is 6.54 Å². The Morgan fingerprint density at radius 2 is 1.91 bits per heavy atom. The first-order chi connectivity index (χ1) is 16.0. The number of aromatic nitrogens is 4. The lowest BCUT2D eigenvalue weighted by Crippen LogP contribution is -2.29. The Labute approximate surface area is 203 Å². The highest BCUT2D eigenvalue weighted by Crippen LogP contribution is 2.26. The standard InChI is InChI=1S/C22H21ClN6O2S2/c1-3-29-19(13(2)24-20(31)14-8-4-5-9-15(14)23)27-28-22(29)32-12-18(30)26-21-25-16-10-6-7-11-17(16)33-21/h4-11,13H,3,12H2,1-2H3,(H,24,31)(H,25,26,30)/t13-/m0/s1. The molecule has 33 heavy (non-hydrogen) atoms. The topological polar surface area (TPSA) is 102 Å². The maximum absolute atomic E-state index is 12.6. The smallest absolute Gasteiger partial charge is 0.253 e. The molecule has 170 valence electrons. The average Bonchev–Trinajstić information content (AvgIpc) is 3.40. The summed E-state index contributed by atoms with van der Waals surface area (Å²) in [5, 5.41) is 15.8. The number of nitrogens with one attached hydrogen (secondary N) is 2. The van der Waals surface area contributed by atoms with Gasteiger partial charge in [0.2, 0.25) is 5.91 Å². The van der Waals surface area contributed by atoms with Crippen molar-refractivity contribution >= 4 is 61.9 Å². The molecule has 1 atom stereocenters. The zero-order valence-corrected chi connectivity index (χ0v) is 20.3. The molecule has 0 saturated heterocycles. The van der Waals surface area contributed by atoms with E-state index in [1.54, 1.807) is 24.3 Å². The van der Waals surface area contributed by atoms with Gasteiger partial charge in [-0.2, -0.15) is 0 Å². The van der Waals surface area contributed by atoms with Crippen molar-refractivity contribution in [3.8, 4) is 0 Å². The van der Waals surface area contributed by atoms with Gasteiger partial charge in [-0.15, -0.1) is 10.2 Å². The molecular formula is C22H21ClN6O2S2. The van der Waals surface area contributed by atoms with Crippen molar-refractivity contribution in [3.63, 3.8) is 0 Å². The van der Waals surface area contributed by atoms with Gasteiger partial charge in [-0.05, 0) is 38.1 Å². The predicted molar refractivity (Wildman–Crippen MR) is 132 cm³/mol. The van der Waals surface area contributed by atoms with E-state index in [4.69, 9.17) is 11.6 Å². The summed E-state index contributed by atoms with van der Waals surface area (Å²) in [5.74, 6) is 0.301. The third-order valence-electron chi connectivity index (χ3n) is 4.79. The number of nitrogens with zero attached hydrogens (tertiary/aromatic N) is 4. The normalized spacial score (nSPS) is 12.0. The number of halogens is 1. The van der Waals surface area contributed by atoms with Crippen molar-refractivity contribution in [2.45, 2.75) is 31.6 Å². The van der Waals surface area contributed by atoms with Gasteiger partial charge in [0.05, 0.1) is 32.6 Å². The Kier molecular flexibility index (Phi) is 7.26. The van der Waals surface area contributed by atoms with E-state index in [0.29, 0.717) is 33.2 Å². The summed E-state index contributed by atoms with van der Waals surface area (Å²) in [4.78, 5) is 29.5. The number of fused-ring (bicyclic) bond motifs is 1. The number of amides is 2. The number of para-hydroxylation sites is 1. The minimum Gasteiger partial charge on any atom is -0.342 e. The number of hydrogen-bond donors (Lipinski definition) is 2. The molecule has 8 nitrogen and oxygen atoms in total. The first-order valence-corrected chi connectivity index (χ1v) is 12.4. The van der Waals surface area contributed by atoms with Gasteiger partial charge < -0.3 is 15.2 Å². The predicted octanol–water partition coefficient (Wildman–Crippen LogP) is 4.78. The third-order valence-corrected chi connectivity index (χ3v) is 7.04. The molecule has 11 heteroatoms. The Bertz CT molecular complexity index is 1270. The fourth-order valence-electron chi connectivity index (χ4n) is 3.22. The van der Waals surface area contributed by atoms with Gasteiger partial charge in [0.1, 0.15) is 0 Å². The molecule has 0 saturated carbocycles. The summed E-state index contributed by atoms with van der Waals surface area (Å²) >= 11 is 8.84. The van der Waals surface area contributed by atoms with Crippen LogP contribution < -0.4 is 10.6 Å². The van der Waals surface area contributed by atoms with Gasteiger partial charge in [-0.1, -0.05) is 59.0 Å². The van der Waals surface area contributed by atoms with E-state index < -0.39 is 6.04 Å². The fourth-order valence-corrected chi connectivity index (χ4v) is 5.13. The Hall–Kier alpha value is -2.95. The maximum Gasteiger partial charge on any atom is 0.253 e. The van der Waals surface area contributed by atoms with E-state index in [-0.39, 0.29) is 17.6 Å². The molecule has 4 rings (SSSR count). The molecule has 0 bridgehead atoms. The molecule has 2 amide bonds. The van der Waals surface area contributed by atoms with Crippen LogP contribution in [0.5, 0.6) is 0 Å². The van der Waals surface area contributed by atoms with Crippen molar-refractivity contribution in [1.82, 2.24) is 25.1 Å². The molecule has 2 aromatic heterocycles. The highest BCUT2D eigenvalue weighted by molar-refractivity contribution is 7.99. The van der Waals surface area contributed by atoms with Crippen LogP contribution in [0.15, 0.2) is 53.7 Å². The van der Waals surface area contributed by atoms with E-state index in [1.807, 2.05) is 42.7 Å². The van der Waals surface area contributed by atoms with Crippen LogP contribution in [-0.4, -0.2) is 37.3 Å². The molecule has 0 aliphatic rings. The largest absolute Gasteiger partial charge is 0.342 e. The third kappa shape index (κ3) is 5.35. The second-order valence-electron chi connectivity index (χ2n) is 7.08. The first kappa shape index (κ1) is 23.2.